The Bertz CT molecular complexity index is 294. The van der Waals surface area contributed by atoms with Gasteiger partial charge in [0.25, 0.3) is 0 Å². The van der Waals surface area contributed by atoms with Crippen LogP contribution in [0, 0.1) is 5.82 Å². The molecule has 1 aromatic carbocycles. The lowest BCUT2D eigenvalue weighted by Crippen LogP contribution is -2.17. The van der Waals surface area contributed by atoms with E-state index in [0.29, 0.717) is 0 Å². The summed E-state index contributed by atoms with van der Waals surface area (Å²) in [6, 6.07) is 7.79. The number of halogens is 1. The third-order valence-electron chi connectivity index (χ3n) is 2.59. The van der Waals surface area contributed by atoms with Crippen LogP contribution in [0.1, 0.15) is 24.8 Å². The number of benzene rings is 1. The number of nitrogens with one attached hydrogen (secondary N) is 1. The van der Waals surface area contributed by atoms with Crippen molar-refractivity contribution in [2.75, 3.05) is 6.54 Å². The predicted molar refractivity (Wildman–Crippen MR) is 55.7 cm³/mol. The second-order valence-electron chi connectivity index (χ2n) is 3.92. The normalized spacial score (nSPS) is 15.8. The Kier molecular flexibility index (Phi) is 3.14. The highest BCUT2D eigenvalue weighted by atomic mass is 19.1. The summed E-state index contributed by atoms with van der Waals surface area (Å²) in [6.45, 7) is 1.01. The van der Waals surface area contributed by atoms with Crippen molar-refractivity contribution >= 4 is 0 Å². The Morgan fingerprint density at radius 1 is 1.29 bits per heavy atom. The van der Waals surface area contributed by atoms with E-state index in [2.05, 4.69) is 5.32 Å². The molecule has 2 rings (SSSR count). The smallest absolute Gasteiger partial charge is 0.126 e. The van der Waals surface area contributed by atoms with Gasteiger partial charge in [0.2, 0.25) is 0 Å². The molecule has 1 aromatic rings. The van der Waals surface area contributed by atoms with Crippen LogP contribution in [0.2, 0.25) is 0 Å². The number of hydrogen-bond acceptors (Lipinski definition) is 1. The van der Waals surface area contributed by atoms with Gasteiger partial charge in [-0.3, -0.25) is 0 Å². The van der Waals surface area contributed by atoms with Gasteiger partial charge >= 0.3 is 0 Å². The molecule has 1 aliphatic carbocycles. The fraction of sp³-hybridized carbons (Fsp3) is 0.500. The van der Waals surface area contributed by atoms with Crippen LogP contribution in [-0.2, 0) is 6.42 Å². The Morgan fingerprint density at radius 3 is 2.79 bits per heavy atom. The third-order valence-corrected chi connectivity index (χ3v) is 2.59. The highest BCUT2D eigenvalue weighted by Crippen LogP contribution is 2.18. The van der Waals surface area contributed by atoms with Crippen LogP contribution in [0.15, 0.2) is 24.3 Å². The van der Waals surface area contributed by atoms with E-state index in [9.17, 15) is 4.39 Å². The molecule has 0 unspecified atom stereocenters. The van der Waals surface area contributed by atoms with Crippen molar-refractivity contribution in [2.24, 2.45) is 0 Å². The van der Waals surface area contributed by atoms with Gasteiger partial charge in [-0.1, -0.05) is 18.2 Å². The van der Waals surface area contributed by atoms with Gasteiger partial charge < -0.3 is 5.32 Å². The molecule has 1 aliphatic rings. The van der Waals surface area contributed by atoms with Crippen molar-refractivity contribution in [3.05, 3.63) is 35.6 Å². The zero-order valence-electron chi connectivity index (χ0n) is 8.30. The van der Waals surface area contributed by atoms with E-state index in [4.69, 9.17) is 0 Å². The summed E-state index contributed by atoms with van der Waals surface area (Å²) in [5.74, 6) is -0.0704. The maximum absolute atomic E-state index is 13.2. The van der Waals surface area contributed by atoms with Crippen LogP contribution in [0.4, 0.5) is 4.39 Å². The van der Waals surface area contributed by atoms with E-state index in [-0.39, 0.29) is 5.82 Å². The minimum absolute atomic E-state index is 0.0704. The minimum Gasteiger partial charge on any atom is -0.314 e. The molecule has 2 heteroatoms. The summed E-state index contributed by atoms with van der Waals surface area (Å²) in [7, 11) is 0. The summed E-state index contributed by atoms with van der Waals surface area (Å²) >= 11 is 0. The van der Waals surface area contributed by atoms with Gasteiger partial charge in [-0.05, 0) is 43.9 Å². The second kappa shape index (κ2) is 4.56. The van der Waals surface area contributed by atoms with Gasteiger partial charge in [0.05, 0.1) is 0 Å². The van der Waals surface area contributed by atoms with Gasteiger partial charge in [-0.25, -0.2) is 4.39 Å². The molecule has 1 saturated carbocycles. The van der Waals surface area contributed by atoms with E-state index >= 15 is 0 Å². The van der Waals surface area contributed by atoms with E-state index in [0.717, 1.165) is 31.0 Å². The molecular weight excluding hydrogens is 177 g/mol. The van der Waals surface area contributed by atoms with Crippen molar-refractivity contribution in [1.82, 2.24) is 5.32 Å². The van der Waals surface area contributed by atoms with Crippen LogP contribution in [0.3, 0.4) is 0 Å². The SMILES string of the molecule is Fc1ccccc1CCCNC1CC1. The molecule has 0 amide bonds. The van der Waals surface area contributed by atoms with Crippen molar-refractivity contribution in [1.29, 1.82) is 0 Å². The molecule has 1 N–H and O–H groups in total. The lowest BCUT2D eigenvalue weighted by Gasteiger charge is -2.03. The van der Waals surface area contributed by atoms with Gasteiger partial charge in [0, 0.05) is 6.04 Å². The largest absolute Gasteiger partial charge is 0.314 e. The standard InChI is InChI=1S/C12H16FN/c13-12-6-2-1-4-10(12)5-3-9-14-11-7-8-11/h1-2,4,6,11,14H,3,5,7-9H2. The average molecular weight is 193 g/mol. The second-order valence-corrected chi connectivity index (χ2v) is 3.92. The first-order chi connectivity index (χ1) is 6.86. The van der Waals surface area contributed by atoms with E-state index < -0.39 is 0 Å². The fourth-order valence-corrected chi connectivity index (χ4v) is 1.57. The van der Waals surface area contributed by atoms with Crippen molar-refractivity contribution in [3.63, 3.8) is 0 Å². The van der Waals surface area contributed by atoms with Crippen LogP contribution >= 0.6 is 0 Å². The molecule has 1 nitrogen and oxygen atoms in total. The molecule has 1 fully saturated rings. The molecule has 0 aliphatic heterocycles. The van der Waals surface area contributed by atoms with Crippen LogP contribution in [0.5, 0.6) is 0 Å². The van der Waals surface area contributed by atoms with Gasteiger partial charge in [0.15, 0.2) is 0 Å². The molecule has 0 bridgehead atoms. The Balaban J connectivity index is 1.71. The molecule has 0 radical (unpaired) electrons. The molecule has 0 atom stereocenters. The zero-order valence-corrected chi connectivity index (χ0v) is 8.30. The first-order valence-corrected chi connectivity index (χ1v) is 5.33. The topological polar surface area (TPSA) is 12.0 Å². The first-order valence-electron chi connectivity index (χ1n) is 5.33. The van der Waals surface area contributed by atoms with Crippen molar-refractivity contribution < 1.29 is 4.39 Å². The molecule has 0 saturated heterocycles. The van der Waals surface area contributed by atoms with Gasteiger partial charge in [0.1, 0.15) is 5.82 Å². The van der Waals surface area contributed by atoms with E-state index in [1.807, 2.05) is 12.1 Å². The summed E-state index contributed by atoms with van der Waals surface area (Å²) < 4.78 is 13.2. The van der Waals surface area contributed by atoms with Crippen LogP contribution < -0.4 is 5.32 Å². The maximum Gasteiger partial charge on any atom is 0.126 e. The molecular formula is C12H16FN. The molecule has 76 valence electrons. The van der Waals surface area contributed by atoms with Crippen LogP contribution in [-0.4, -0.2) is 12.6 Å². The summed E-state index contributed by atoms with van der Waals surface area (Å²) in [5.41, 5.74) is 0.838. The number of rotatable bonds is 5. The van der Waals surface area contributed by atoms with E-state index in [1.54, 1.807) is 6.07 Å². The minimum atomic E-state index is -0.0704. The molecule has 0 heterocycles. The lowest BCUT2D eigenvalue weighted by atomic mass is 10.1. The fourth-order valence-electron chi connectivity index (χ4n) is 1.57. The Labute approximate surface area is 84.3 Å². The van der Waals surface area contributed by atoms with Crippen molar-refractivity contribution in [3.8, 4) is 0 Å². The quantitative estimate of drug-likeness (QED) is 0.708. The van der Waals surface area contributed by atoms with E-state index in [1.165, 1.54) is 18.9 Å². The lowest BCUT2D eigenvalue weighted by molar-refractivity contribution is 0.592. The Morgan fingerprint density at radius 2 is 2.07 bits per heavy atom. The van der Waals surface area contributed by atoms with Crippen molar-refractivity contribution in [2.45, 2.75) is 31.7 Å². The summed E-state index contributed by atoms with van der Waals surface area (Å²) in [5, 5.41) is 3.42. The summed E-state index contributed by atoms with van der Waals surface area (Å²) in [6.07, 6.45) is 4.50. The maximum atomic E-state index is 13.2. The van der Waals surface area contributed by atoms with Crippen LogP contribution in [0.25, 0.3) is 0 Å². The van der Waals surface area contributed by atoms with Gasteiger partial charge in [-0.2, -0.15) is 0 Å². The number of aryl methyl sites for hydroxylation is 1. The third kappa shape index (κ3) is 2.81. The van der Waals surface area contributed by atoms with Gasteiger partial charge in [-0.15, -0.1) is 0 Å². The molecule has 14 heavy (non-hydrogen) atoms. The molecule has 0 spiro atoms. The predicted octanol–water partition coefficient (Wildman–Crippen LogP) is 2.51. The Hall–Kier alpha value is -0.890. The summed E-state index contributed by atoms with van der Waals surface area (Å²) in [4.78, 5) is 0. The zero-order chi connectivity index (χ0) is 9.80. The first kappa shape index (κ1) is 9.66. The number of hydrogen-bond donors (Lipinski definition) is 1. The average Bonchev–Trinajstić information content (AvgIpc) is 2.99. The monoisotopic (exact) mass is 193 g/mol. The molecule has 0 aromatic heterocycles. The highest BCUT2D eigenvalue weighted by molar-refractivity contribution is 5.17. The highest BCUT2D eigenvalue weighted by Gasteiger charge is 2.19.